The van der Waals surface area contributed by atoms with E-state index in [4.69, 9.17) is 9.26 Å². The van der Waals surface area contributed by atoms with Gasteiger partial charge in [0.1, 0.15) is 0 Å². The van der Waals surface area contributed by atoms with Crippen LogP contribution in [0.25, 0.3) is 22.5 Å². The third-order valence-electron chi connectivity index (χ3n) is 8.07. The summed E-state index contributed by atoms with van der Waals surface area (Å²) in [5.41, 5.74) is 7.52. The summed E-state index contributed by atoms with van der Waals surface area (Å²) < 4.78 is 11.2. The first-order valence-electron chi connectivity index (χ1n) is 13.9. The van der Waals surface area contributed by atoms with Gasteiger partial charge in [-0.1, -0.05) is 97.4 Å². The van der Waals surface area contributed by atoms with Gasteiger partial charge in [0.25, 0.3) is 0 Å². The Morgan fingerprint density at radius 3 is 2.16 bits per heavy atom. The first-order chi connectivity index (χ1) is 18.5. The number of rotatable bonds is 11. The molecule has 1 fully saturated rings. The highest BCUT2D eigenvalue weighted by Gasteiger charge is 2.52. The molecule has 1 aliphatic carbocycles. The molecule has 1 unspecified atom stereocenters. The Hall–Kier alpha value is -3.66. The average molecular weight is 508 g/mol. The maximum atomic E-state index is 12.4. The maximum absolute atomic E-state index is 12.4. The van der Waals surface area contributed by atoms with Crippen molar-refractivity contribution in [3.63, 3.8) is 0 Å². The smallest absolute Gasteiger partial charge is 0.316 e. The van der Waals surface area contributed by atoms with Gasteiger partial charge < -0.3 is 9.26 Å². The van der Waals surface area contributed by atoms with Crippen molar-refractivity contribution in [2.24, 2.45) is 5.92 Å². The van der Waals surface area contributed by atoms with Crippen LogP contribution in [0.15, 0.2) is 83.4 Å². The van der Waals surface area contributed by atoms with Gasteiger partial charge in [0, 0.05) is 11.1 Å². The number of carbonyl (C=O) groups is 1. The van der Waals surface area contributed by atoms with Crippen molar-refractivity contribution in [3.05, 3.63) is 101 Å². The number of hydrogen-bond donors (Lipinski definition) is 0. The van der Waals surface area contributed by atoms with Crippen LogP contribution < -0.4 is 0 Å². The van der Waals surface area contributed by atoms with E-state index in [1.165, 1.54) is 11.1 Å². The summed E-state index contributed by atoms with van der Waals surface area (Å²) in [6.07, 6.45) is 6.07. The molecular formula is C34H37NO3. The quantitative estimate of drug-likeness (QED) is 0.192. The molecular weight excluding hydrogens is 470 g/mol. The van der Waals surface area contributed by atoms with Crippen molar-refractivity contribution in [2.45, 2.75) is 64.7 Å². The number of nitrogens with zero attached hydrogens (tertiary/aromatic N) is 1. The monoisotopic (exact) mass is 507 g/mol. The van der Waals surface area contributed by atoms with Crippen LogP contribution in [0, 0.1) is 12.8 Å². The first-order valence-corrected chi connectivity index (χ1v) is 13.9. The van der Waals surface area contributed by atoms with Crippen molar-refractivity contribution in [1.29, 1.82) is 0 Å². The molecule has 196 valence electrons. The van der Waals surface area contributed by atoms with Gasteiger partial charge in [-0.3, -0.25) is 4.79 Å². The fourth-order valence-electron chi connectivity index (χ4n) is 5.41. The Morgan fingerprint density at radius 2 is 1.55 bits per heavy atom. The third kappa shape index (κ3) is 5.45. The highest BCUT2D eigenvalue weighted by atomic mass is 16.5. The lowest BCUT2D eigenvalue weighted by molar-refractivity contribution is -0.146. The number of esters is 1. The molecule has 4 heteroatoms. The zero-order valence-electron chi connectivity index (χ0n) is 22.7. The van der Waals surface area contributed by atoms with Crippen LogP contribution in [-0.4, -0.2) is 17.7 Å². The number of aromatic nitrogens is 1. The SMILES string of the molecule is CCOC(=O)C1(c2ccc(-c3ccc(-c4onc(C)c4CC(CC)CCc4ccccc4)cc3)cc2)CC1. The normalized spacial score (nSPS) is 14.7. The molecule has 38 heavy (non-hydrogen) atoms. The van der Waals surface area contributed by atoms with Crippen molar-refractivity contribution in [3.8, 4) is 22.5 Å². The van der Waals surface area contributed by atoms with E-state index in [-0.39, 0.29) is 5.97 Å². The summed E-state index contributed by atoms with van der Waals surface area (Å²) >= 11 is 0. The molecule has 0 spiro atoms. The van der Waals surface area contributed by atoms with E-state index in [0.29, 0.717) is 12.5 Å². The van der Waals surface area contributed by atoms with Gasteiger partial charge in [0.05, 0.1) is 17.7 Å². The molecule has 4 aromatic rings. The van der Waals surface area contributed by atoms with Crippen molar-refractivity contribution < 1.29 is 14.1 Å². The Labute approximate surface area is 226 Å². The minimum absolute atomic E-state index is 0.0966. The fraction of sp³-hybridized carbons (Fsp3) is 0.353. The first kappa shape index (κ1) is 26.0. The molecule has 0 radical (unpaired) electrons. The summed E-state index contributed by atoms with van der Waals surface area (Å²) in [7, 11) is 0. The third-order valence-corrected chi connectivity index (χ3v) is 8.07. The van der Waals surface area contributed by atoms with E-state index in [1.54, 1.807) is 0 Å². The lowest BCUT2D eigenvalue weighted by Gasteiger charge is -2.15. The van der Waals surface area contributed by atoms with Gasteiger partial charge in [0.15, 0.2) is 5.76 Å². The van der Waals surface area contributed by atoms with Gasteiger partial charge in [-0.05, 0) is 74.1 Å². The topological polar surface area (TPSA) is 52.3 Å². The Bertz CT molecular complexity index is 1350. The van der Waals surface area contributed by atoms with E-state index in [9.17, 15) is 4.79 Å². The van der Waals surface area contributed by atoms with E-state index in [1.807, 2.05) is 13.8 Å². The molecule has 1 heterocycles. The lowest BCUT2D eigenvalue weighted by Crippen LogP contribution is -2.23. The predicted octanol–water partition coefficient (Wildman–Crippen LogP) is 8.11. The molecule has 0 N–H and O–H groups in total. The average Bonchev–Trinajstić information content (AvgIpc) is 3.70. The Kier molecular flexibility index (Phi) is 7.78. The summed E-state index contributed by atoms with van der Waals surface area (Å²) in [6, 6.07) is 27.6. The molecule has 4 nitrogen and oxygen atoms in total. The Morgan fingerprint density at radius 1 is 0.921 bits per heavy atom. The second kappa shape index (κ2) is 11.4. The molecule has 3 aromatic carbocycles. The largest absolute Gasteiger partial charge is 0.465 e. The van der Waals surface area contributed by atoms with Gasteiger partial charge in [-0.2, -0.15) is 0 Å². The molecule has 1 saturated carbocycles. The van der Waals surface area contributed by atoms with Crippen molar-refractivity contribution in [1.82, 2.24) is 5.16 Å². The lowest BCUT2D eigenvalue weighted by atomic mass is 9.89. The molecule has 1 aliphatic rings. The minimum Gasteiger partial charge on any atom is -0.465 e. The van der Waals surface area contributed by atoms with Crippen LogP contribution in [0.2, 0.25) is 0 Å². The number of aryl methyl sites for hydroxylation is 2. The van der Waals surface area contributed by atoms with E-state index < -0.39 is 5.41 Å². The van der Waals surface area contributed by atoms with Crippen LogP contribution in [0.3, 0.4) is 0 Å². The van der Waals surface area contributed by atoms with E-state index >= 15 is 0 Å². The molecule has 0 amide bonds. The van der Waals surface area contributed by atoms with Crippen LogP contribution >= 0.6 is 0 Å². The van der Waals surface area contributed by atoms with Crippen LogP contribution in [0.4, 0.5) is 0 Å². The molecule has 5 rings (SSSR count). The molecule has 1 aromatic heterocycles. The summed E-state index contributed by atoms with van der Waals surface area (Å²) in [4.78, 5) is 12.4. The van der Waals surface area contributed by atoms with Crippen LogP contribution in [0.5, 0.6) is 0 Å². The van der Waals surface area contributed by atoms with E-state index in [2.05, 4.69) is 90.9 Å². The van der Waals surface area contributed by atoms with Gasteiger partial charge in [-0.25, -0.2) is 0 Å². The van der Waals surface area contributed by atoms with Crippen LogP contribution in [-0.2, 0) is 27.8 Å². The molecule has 0 saturated heterocycles. The Balaban J connectivity index is 1.29. The van der Waals surface area contributed by atoms with E-state index in [0.717, 1.165) is 72.2 Å². The fourth-order valence-corrected chi connectivity index (χ4v) is 5.41. The molecule has 0 bridgehead atoms. The van der Waals surface area contributed by atoms with Gasteiger partial charge in [0.2, 0.25) is 0 Å². The van der Waals surface area contributed by atoms with Gasteiger partial charge >= 0.3 is 5.97 Å². The maximum Gasteiger partial charge on any atom is 0.316 e. The zero-order chi connectivity index (χ0) is 26.5. The molecule has 1 atom stereocenters. The van der Waals surface area contributed by atoms with Crippen molar-refractivity contribution in [2.75, 3.05) is 6.61 Å². The van der Waals surface area contributed by atoms with Crippen LogP contribution in [0.1, 0.15) is 61.9 Å². The highest BCUT2D eigenvalue weighted by Crippen LogP contribution is 2.49. The summed E-state index contributed by atoms with van der Waals surface area (Å²) in [5.74, 6) is 1.36. The number of carbonyl (C=O) groups excluding carboxylic acids is 1. The van der Waals surface area contributed by atoms with Gasteiger partial charge in [-0.15, -0.1) is 0 Å². The highest BCUT2D eigenvalue weighted by molar-refractivity contribution is 5.87. The summed E-state index contributed by atoms with van der Waals surface area (Å²) in [5, 5.41) is 4.33. The number of hydrogen-bond acceptors (Lipinski definition) is 4. The molecule has 0 aliphatic heterocycles. The predicted molar refractivity (Wildman–Crippen MR) is 152 cm³/mol. The number of benzene rings is 3. The second-order valence-corrected chi connectivity index (χ2v) is 10.5. The standard InChI is InChI=1S/C34H37NO3/c1-4-25(11-12-26-9-7-6-8-10-26)23-31-24(3)35-38-32(31)29-15-13-27(14-16-29)28-17-19-30(20-18-28)34(21-22-34)33(36)37-5-2/h6-10,13-20,25H,4-5,11-12,21-23H2,1-3H3. The second-order valence-electron chi connectivity index (χ2n) is 10.5. The van der Waals surface area contributed by atoms with Crippen molar-refractivity contribution >= 4 is 5.97 Å². The minimum atomic E-state index is -0.434. The number of ether oxygens (including phenoxy) is 1. The summed E-state index contributed by atoms with van der Waals surface area (Å²) in [6.45, 7) is 6.60. The zero-order valence-corrected chi connectivity index (χ0v) is 22.7.